The average Bonchev–Trinajstić information content (AvgIpc) is 2.97. The van der Waals surface area contributed by atoms with Crippen molar-refractivity contribution in [1.82, 2.24) is 4.90 Å². The number of thioether (sulfide) groups is 1. The summed E-state index contributed by atoms with van der Waals surface area (Å²) < 4.78 is 1.07. The lowest BCUT2D eigenvalue weighted by Gasteiger charge is -2.14. The lowest BCUT2D eigenvalue weighted by atomic mass is 10.2. The van der Waals surface area contributed by atoms with Gasteiger partial charge in [0, 0.05) is 27.9 Å². The minimum Gasteiger partial charge on any atom is -0.325 e. The molecule has 28 heavy (non-hydrogen) atoms. The number of halogens is 1. The Kier molecular flexibility index (Phi) is 6.57. The van der Waals surface area contributed by atoms with E-state index >= 15 is 0 Å². The molecular weight excluding hydrogens is 440 g/mol. The Morgan fingerprint density at radius 1 is 1.07 bits per heavy atom. The van der Waals surface area contributed by atoms with E-state index in [1.807, 2.05) is 26.0 Å². The van der Waals surface area contributed by atoms with Crippen LogP contribution < -0.4 is 5.32 Å². The molecule has 146 valence electrons. The Balaban J connectivity index is 1.54. The standard InChI is InChI=1S/C21H21BrN2O3S/c1-13-10-18(14(2)9-17(13)22)28-12-19(25)23-16-5-3-15(4-6-16)11-24-20(26)7-8-21(24)27/h3-6,9-10H,7-8,11-12H2,1-2H3,(H,23,25). The second-order valence-electron chi connectivity index (χ2n) is 6.77. The number of carbonyl (C=O) groups excluding carboxylic acids is 3. The maximum atomic E-state index is 12.3. The number of rotatable bonds is 6. The summed E-state index contributed by atoms with van der Waals surface area (Å²) >= 11 is 5.02. The first-order chi connectivity index (χ1) is 13.3. The molecule has 0 unspecified atom stereocenters. The SMILES string of the molecule is Cc1cc(SCC(=O)Nc2ccc(CN3C(=O)CCC3=O)cc2)c(C)cc1Br. The highest BCUT2D eigenvalue weighted by atomic mass is 79.9. The topological polar surface area (TPSA) is 66.5 Å². The van der Waals surface area contributed by atoms with Gasteiger partial charge in [0.05, 0.1) is 12.3 Å². The monoisotopic (exact) mass is 460 g/mol. The molecule has 1 heterocycles. The molecule has 0 bridgehead atoms. The van der Waals surface area contributed by atoms with Crippen molar-refractivity contribution in [2.24, 2.45) is 0 Å². The van der Waals surface area contributed by atoms with Gasteiger partial charge < -0.3 is 5.32 Å². The smallest absolute Gasteiger partial charge is 0.234 e. The highest BCUT2D eigenvalue weighted by Crippen LogP contribution is 2.28. The number of anilines is 1. The zero-order valence-electron chi connectivity index (χ0n) is 15.8. The Hall–Kier alpha value is -2.12. The Morgan fingerprint density at radius 2 is 1.71 bits per heavy atom. The van der Waals surface area contributed by atoms with Gasteiger partial charge in [-0.15, -0.1) is 11.8 Å². The van der Waals surface area contributed by atoms with Gasteiger partial charge in [0.1, 0.15) is 0 Å². The summed E-state index contributed by atoms with van der Waals surface area (Å²) in [7, 11) is 0. The third kappa shape index (κ3) is 5.02. The lowest BCUT2D eigenvalue weighted by molar-refractivity contribution is -0.139. The molecule has 0 aliphatic carbocycles. The van der Waals surface area contributed by atoms with E-state index in [1.165, 1.54) is 16.7 Å². The van der Waals surface area contributed by atoms with Crippen molar-refractivity contribution >= 4 is 51.1 Å². The molecule has 1 N–H and O–H groups in total. The molecule has 7 heteroatoms. The van der Waals surface area contributed by atoms with E-state index in [9.17, 15) is 14.4 Å². The first-order valence-corrected chi connectivity index (χ1v) is 10.7. The molecule has 1 fully saturated rings. The van der Waals surface area contributed by atoms with E-state index in [2.05, 4.69) is 33.4 Å². The van der Waals surface area contributed by atoms with Crippen molar-refractivity contribution in [2.45, 2.75) is 38.1 Å². The molecule has 0 saturated carbocycles. The van der Waals surface area contributed by atoms with Gasteiger partial charge in [-0.05, 0) is 54.8 Å². The highest BCUT2D eigenvalue weighted by Gasteiger charge is 2.28. The van der Waals surface area contributed by atoms with Crippen molar-refractivity contribution < 1.29 is 14.4 Å². The quantitative estimate of drug-likeness (QED) is 0.510. The number of nitrogens with one attached hydrogen (secondary N) is 1. The van der Waals surface area contributed by atoms with Crippen molar-refractivity contribution in [3.8, 4) is 0 Å². The molecular formula is C21H21BrN2O3S. The molecule has 3 rings (SSSR count). The lowest BCUT2D eigenvalue weighted by Crippen LogP contribution is -2.28. The van der Waals surface area contributed by atoms with Gasteiger partial charge in [0.15, 0.2) is 0 Å². The van der Waals surface area contributed by atoms with Crippen LogP contribution in [0.5, 0.6) is 0 Å². The molecule has 1 aliphatic heterocycles. The second-order valence-corrected chi connectivity index (χ2v) is 8.65. The Bertz CT molecular complexity index is 912. The summed E-state index contributed by atoms with van der Waals surface area (Å²) in [6.07, 6.45) is 0.587. The maximum absolute atomic E-state index is 12.3. The first-order valence-electron chi connectivity index (χ1n) is 8.95. The van der Waals surface area contributed by atoms with Crippen molar-refractivity contribution in [3.63, 3.8) is 0 Å². The molecule has 0 spiro atoms. The predicted octanol–water partition coefficient (Wildman–Crippen LogP) is 4.45. The van der Waals surface area contributed by atoms with E-state index < -0.39 is 0 Å². The molecule has 5 nitrogen and oxygen atoms in total. The zero-order valence-corrected chi connectivity index (χ0v) is 18.2. The fraction of sp³-hybridized carbons (Fsp3) is 0.286. The van der Waals surface area contributed by atoms with Crippen LogP contribution in [0.1, 0.15) is 29.5 Å². The van der Waals surface area contributed by atoms with Crippen LogP contribution >= 0.6 is 27.7 Å². The minimum atomic E-state index is -0.127. The normalized spacial score (nSPS) is 13.9. The van der Waals surface area contributed by atoms with Gasteiger partial charge in [-0.25, -0.2) is 0 Å². The number of aryl methyl sites for hydroxylation is 2. The van der Waals surface area contributed by atoms with E-state index in [0.29, 0.717) is 24.3 Å². The van der Waals surface area contributed by atoms with Crippen molar-refractivity contribution in [2.75, 3.05) is 11.1 Å². The number of imide groups is 1. The number of hydrogen-bond donors (Lipinski definition) is 1. The third-order valence-electron chi connectivity index (χ3n) is 4.55. The number of nitrogens with zero attached hydrogens (tertiary/aromatic N) is 1. The molecule has 0 radical (unpaired) electrons. The van der Waals surface area contributed by atoms with Crippen molar-refractivity contribution in [3.05, 3.63) is 57.6 Å². The summed E-state index contributed by atoms with van der Waals surface area (Å²) in [6.45, 7) is 4.33. The highest BCUT2D eigenvalue weighted by molar-refractivity contribution is 9.10. The third-order valence-corrected chi connectivity index (χ3v) is 6.56. The average molecular weight is 461 g/mol. The molecule has 2 aromatic rings. The molecule has 1 saturated heterocycles. The maximum Gasteiger partial charge on any atom is 0.234 e. The molecule has 0 atom stereocenters. The number of benzene rings is 2. The van der Waals surface area contributed by atoms with Crippen LogP contribution in [0.25, 0.3) is 0 Å². The van der Waals surface area contributed by atoms with Crippen LogP contribution in [-0.2, 0) is 20.9 Å². The Morgan fingerprint density at radius 3 is 2.36 bits per heavy atom. The first kappa shape index (κ1) is 20.6. The van der Waals surface area contributed by atoms with Gasteiger partial charge in [-0.2, -0.15) is 0 Å². The number of likely N-dealkylation sites (tertiary alicyclic amines) is 1. The van der Waals surface area contributed by atoms with Crippen molar-refractivity contribution in [1.29, 1.82) is 0 Å². The summed E-state index contributed by atoms with van der Waals surface area (Å²) in [5, 5.41) is 2.88. The number of amides is 3. The Labute approximate surface area is 177 Å². The van der Waals surface area contributed by atoms with E-state index in [1.54, 1.807) is 12.1 Å². The fourth-order valence-corrected chi connectivity index (χ4v) is 4.29. The molecule has 1 aliphatic rings. The van der Waals surface area contributed by atoms with Crippen LogP contribution in [0.4, 0.5) is 5.69 Å². The summed E-state index contributed by atoms with van der Waals surface area (Å²) in [6, 6.07) is 11.4. The van der Waals surface area contributed by atoms with Crippen LogP contribution in [0.2, 0.25) is 0 Å². The largest absolute Gasteiger partial charge is 0.325 e. The molecule has 0 aromatic heterocycles. The zero-order chi connectivity index (χ0) is 20.3. The predicted molar refractivity (Wildman–Crippen MR) is 114 cm³/mol. The minimum absolute atomic E-state index is 0.0809. The van der Waals surface area contributed by atoms with Gasteiger partial charge in [-0.1, -0.05) is 28.1 Å². The van der Waals surface area contributed by atoms with Gasteiger partial charge in [0.2, 0.25) is 17.7 Å². The van der Waals surface area contributed by atoms with E-state index in [-0.39, 0.29) is 24.3 Å². The van der Waals surface area contributed by atoms with Gasteiger partial charge in [-0.3, -0.25) is 19.3 Å². The van der Waals surface area contributed by atoms with Crippen LogP contribution in [0.15, 0.2) is 45.8 Å². The molecule has 2 aromatic carbocycles. The second kappa shape index (κ2) is 8.92. The van der Waals surface area contributed by atoms with E-state index in [0.717, 1.165) is 26.1 Å². The van der Waals surface area contributed by atoms with Gasteiger partial charge >= 0.3 is 0 Å². The summed E-state index contributed by atoms with van der Waals surface area (Å²) in [4.78, 5) is 38.0. The van der Waals surface area contributed by atoms with Crippen LogP contribution in [0, 0.1) is 13.8 Å². The van der Waals surface area contributed by atoms with Crippen LogP contribution in [0.3, 0.4) is 0 Å². The number of carbonyl (C=O) groups is 3. The molecule has 3 amide bonds. The number of hydrogen-bond acceptors (Lipinski definition) is 4. The van der Waals surface area contributed by atoms with Gasteiger partial charge in [0.25, 0.3) is 0 Å². The van der Waals surface area contributed by atoms with Crippen LogP contribution in [-0.4, -0.2) is 28.4 Å². The van der Waals surface area contributed by atoms with E-state index in [4.69, 9.17) is 0 Å². The summed E-state index contributed by atoms with van der Waals surface area (Å²) in [5.74, 6) is -0.0150. The fourth-order valence-electron chi connectivity index (χ4n) is 2.93. The summed E-state index contributed by atoms with van der Waals surface area (Å²) in [5.41, 5.74) is 3.82.